The summed E-state index contributed by atoms with van der Waals surface area (Å²) in [4.78, 5) is 10.5. The van der Waals surface area contributed by atoms with Crippen molar-refractivity contribution in [2.24, 2.45) is 0 Å². The Bertz CT molecular complexity index is 2840. The molecule has 0 spiro atoms. The Morgan fingerprint density at radius 2 is 0.811 bits per heavy atom. The van der Waals surface area contributed by atoms with Crippen LogP contribution in [0.4, 0.5) is 0 Å². The fraction of sp³-hybridized carbons (Fsp3) is 0. The molecule has 10 aromatic rings. The molecule has 0 saturated carbocycles. The molecule has 3 aromatic heterocycles. The van der Waals surface area contributed by atoms with E-state index in [9.17, 15) is 0 Å². The minimum Gasteiger partial charge on any atom is -0.307 e. The number of nitrogens with zero attached hydrogens (tertiary/aromatic N) is 3. The molecule has 0 amide bonds. The molecule has 248 valence electrons. The van der Waals surface area contributed by atoms with Gasteiger partial charge in [0, 0.05) is 38.5 Å². The SMILES string of the molecule is c1ccc(-c2ccc(-c3nc4ccccc4c4c5ccccc5n(-c5ccc(-c6cc(-c7ccccc7)nc(-c7ccccc7)c6)cc5)c34)cc2)cc1. The van der Waals surface area contributed by atoms with Crippen molar-refractivity contribution in [1.29, 1.82) is 0 Å². The van der Waals surface area contributed by atoms with Gasteiger partial charge in [0.15, 0.2) is 0 Å². The van der Waals surface area contributed by atoms with E-state index < -0.39 is 0 Å². The Labute approximate surface area is 308 Å². The predicted octanol–water partition coefficient (Wildman–Crippen LogP) is 13.1. The molecule has 3 heteroatoms. The molecule has 0 atom stereocenters. The largest absolute Gasteiger partial charge is 0.307 e. The third kappa shape index (κ3) is 5.47. The van der Waals surface area contributed by atoms with Crippen LogP contribution in [0.5, 0.6) is 0 Å². The molecule has 7 aromatic carbocycles. The summed E-state index contributed by atoms with van der Waals surface area (Å²) < 4.78 is 2.39. The third-order valence-corrected chi connectivity index (χ3v) is 10.2. The molecule has 0 saturated heterocycles. The van der Waals surface area contributed by atoms with Gasteiger partial charge in [-0.25, -0.2) is 9.97 Å². The average molecular weight is 676 g/mol. The lowest BCUT2D eigenvalue weighted by atomic mass is 9.99. The Morgan fingerprint density at radius 1 is 0.340 bits per heavy atom. The van der Waals surface area contributed by atoms with Crippen LogP contribution in [0.3, 0.4) is 0 Å². The molecule has 0 aliphatic heterocycles. The van der Waals surface area contributed by atoms with Gasteiger partial charge in [0.05, 0.1) is 33.6 Å². The second kappa shape index (κ2) is 12.9. The summed E-state index contributed by atoms with van der Waals surface area (Å²) in [6.07, 6.45) is 0. The number of fused-ring (bicyclic) bond motifs is 5. The molecule has 0 bridgehead atoms. The van der Waals surface area contributed by atoms with Crippen LogP contribution in [0, 0.1) is 0 Å². The molecular formula is C50H33N3. The van der Waals surface area contributed by atoms with Gasteiger partial charge in [-0.05, 0) is 58.7 Å². The molecular weight excluding hydrogens is 643 g/mol. The smallest absolute Gasteiger partial charge is 0.0956 e. The molecule has 3 nitrogen and oxygen atoms in total. The van der Waals surface area contributed by atoms with E-state index in [4.69, 9.17) is 9.97 Å². The van der Waals surface area contributed by atoms with Gasteiger partial charge in [0.25, 0.3) is 0 Å². The number of hydrogen-bond donors (Lipinski definition) is 0. The second-order valence-electron chi connectivity index (χ2n) is 13.4. The molecule has 0 N–H and O–H groups in total. The van der Waals surface area contributed by atoms with Crippen LogP contribution in [0.15, 0.2) is 200 Å². The van der Waals surface area contributed by atoms with Gasteiger partial charge in [0.2, 0.25) is 0 Å². The number of aromatic nitrogens is 3. The molecule has 53 heavy (non-hydrogen) atoms. The van der Waals surface area contributed by atoms with Crippen molar-refractivity contribution in [2.45, 2.75) is 0 Å². The summed E-state index contributed by atoms with van der Waals surface area (Å²) in [6, 6.07) is 70.8. The van der Waals surface area contributed by atoms with Crippen LogP contribution in [0.2, 0.25) is 0 Å². The Hall–Kier alpha value is -7.10. The molecule has 0 fully saturated rings. The van der Waals surface area contributed by atoms with Crippen molar-refractivity contribution < 1.29 is 0 Å². The zero-order valence-corrected chi connectivity index (χ0v) is 28.9. The first kappa shape index (κ1) is 30.7. The lowest BCUT2D eigenvalue weighted by molar-refractivity contribution is 1.17. The number of pyridine rings is 2. The standard InChI is InChI=1S/C50H33N3/c1-4-14-34(15-5-1)35-24-26-39(27-25-35)49-50-48(42-20-10-12-22-44(42)52-49)43-21-11-13-23-47(43)53(50)41-30-28-36(29-31-41)40-32-45(37-16-6-2-7-17-37)51-46(33-40)38-18-8-3-9-19-38/h1-33H. The van der Waals surface area contributed by atoms with E-state index in [1.165, 1.54) is 21.9 Å². The van der Waals surface area contributed by atoms with Crippen molar-refractivity contribution in [1.82, 2.24) is 14.5 Å². The highest BCUT2D eigenvalue weighted by Crippen LogP contribution is 2.42. The van der Waals surface area contributed by atoms with Crippen LogP contribution >= 0.6 is 0 Å². The van der Waals surface area contributed by atoms with E-state index in [1.807, 2.05) is 12.1 Å². The third-order valence-electron chi connectivity index (χ3n) is 10.2. The summed E-state index contributed by atoms with van der Waals surface area (Å²) in [5.74, 6) is 0. The lowest BCUT2D eigenvalue weighted by Crippen LogP contribution is -1.98. The lowest BCUT2D eigenvalue weighted by Gasteiger charge is -2.14. The van der Waals surface area contributed by atoms with Gasteiger partial charge in [-0.2, -0.15) is 0 Å². The Balaban J connectivity index is 1.16. The van der Waals surface area contributed by atoms with E-state index in [-0.39, 0.29) is 0 Å². The first-order valence-corrected chi connectivity index (χ1v) is 18.0. The van der Waals surface area contributed by atoms with Crippen LogP contribution in [0.1, 0.15) is 0 Å². The van der Waals surface area contributed by atoms with E-state index in [2.05, 4.69) is 193 Å². The van der Waals surface area contributed by atoms with E-state index >= 15 is 0 Å². The van der Waals surface area contributed by atoms with E-state index in [0.717, 1.165) is 72.5 Å². The van der Waals surface area contributed by atoms with Crippen LogP contribution < -0.4 is 0 Å². The van der Waals surface area contributed by atoms with Crippen LogP contribution in [-0.4, -0.2) is 14.5 Å². The van der Waals surface area contributed by atoms with Crippen molar-refractivity contribution >= 4 is 32.7 Å². The van der Waals surface area contributed by atoms with Gasteiger partial charge in [-0.15, -0.1) is 0 Å². The van der Waals surface area contributed by atoms with Gasteiger partial charge >= 0.3 is 0 Å². The normalized spacial score (nSPS) is 11.4. The number of hydrogen-bond acceptors (Lipinski definition) is 2. The molecule has 0 radical (unpaired) electrons. The highest BCUT2D eigenvalue weighted by molar-refractivity contribution is 6.23. The van der Waals surface area contributed by atoms with E-state index in [0.29, 0.717) is 0 Å². The highest BCUT2D eigenvalue weighted by Gasteiger charge is 2.21. The molecule has 3 heterocycles. The zero-order chi connectivity index (χ0) is 35.1. The predicted molar refractivity (Wildman–Crippen MR) is 221 cm³/mol. The maximum atomic E-state index is 5.37. The topological polar surface area (TPSA) is 30.7 Å². The first-order chi connectivity index (χ1) is 26.3. The van der Waals surface area contributed by atoms with Gasteiger partial charge in [-0.1, -0.05) is 164 Å². The minimum absolute atomic E-state index is 0.953. The van der Waals surface area contributed by atoms with Crippen LogP contribution in [0.25, 0.3) is 94.4 Å². The molecule has 10 rings (SSSR count). The summed E-state index contributed by atoms with van der Waals surface area (Å²) in [7, 11) is 0. The summed E-state index contributed by atoms with van der Waals surface area (Å²) >= 11 is 0. The fourth-order valence-electron chi connectivity index (χ4n) is 7.63. The van der Waals surface area contributed by atoms with Gasteiger partial charge in [-0.3, -0.25) is 0 Å². The van der Waals surface area contributed by atoms with E-state index in [1.54, 1.807) is 0 Å². The van der Waals surface area contributed by atoms with Crippen molar-refractivity contribution in [3.63, 3.8) is 0 Å². The highest BCUT2D eigenvalue weighted by atomic mass is 15.0. The summed E-state index contributed by atoms with van der Waals surface area (Å²) in [5.41, 5.74) is 15.1. The number of benzene rings is 7. The van der Waals surface area contributed by atoms with Crippen LogP contribution in [-0.2, 0) is 0 Å². The summed E-state index contributed by atoms with van der Waals surface area (Å²) in [6.45, 7) is 0. The Kier molecular flexibility index (Phi) is 7.47. The molecule has 0 unspecified atom stereocenters. The second-order valence-corrected chi connectivity index (χ2v) is 13.4. The number of para-hydroxylation sites is 2. The maximum absolute atomic E-state index is 5.37. The Morgan fingerprint density at radius 3 is 1.45 bits per heavy atom. The van der Waals surface area contributed by atoms with Gasteiger partial charge in [0.1, 0.15) is 0 Å². The molecule has 0 aliphatic carbocycles. The first-order valence-electron chi connectivity index (χ1n) is 18.0. The quantitative estimate of drug-likeness (QED) is 0.176. The van der Waals surface area contributed by atoms with Crippen molar-refractivity contribution in [2.75, 3.05) is 0 Å². The van der Waals surface area contributed by atoms with Crippen molar-refractivity contribution in [3.05, 3.63) is 200 Å². The molecule has 0 aliphatic rings. The number of rotatable bonds is 6. The van der Waals surface area contributed by atoms with Crippen molar-refractivity contribution in [3.8, 4) is 61.7 Å². The minimum atomic E-state index is 0.953. The van der Waals surface area contributed by atoms with Gasteiger partial charge < -0.3 is 4.57 Å². The average Bonchev–Trinajstić information content (AvgIpc) is 3.60. The monoisotopic (exact) mass is 675 g/mol. The maximum Gasteiger partial charge on any atom is 0.0956 e. The fourth-order valence-corrected chi connectivity index (χ4v) is 7.63. The zero-order valence-electron chi connectivity index (χ0n) is 28.9. The summed E-state index contributed by atoms with van der Waals surface area (Å²) in [5, 5.41) is 3.57.